The second kappa shape index (κ2) is 16.2. The maximum atomic E-state index is 15.8. The number of anilines is 2. The molecule has 2 aromatic heterocycles. The number of carbonyl (C=O) groups is 2. The molecule has 2 aliphatic rings. The van der Waals surface area contributed by atoms with E-state index in [4.69, 9.17) is 37.7 Å². The third-order valence-corrected chi connectivity index (χ3v) is 10.0. The van der Waals surface area contributed by atoms with Crippen LogP contribution in [-0.2, 0) is 27.4 Å². The van der Waals surface area contributed by atoms with Crippen molar-refractivity contribution in [2.24, 2.45) is 5.92 Å². The van der Waals surface area contributed by atoms with E-state index >= 15 is 4.39 Å². The number of esters is 1. The van der Waals surface area contributed by atoms with Gasteiger partial charge in [0.1, 0.15) is 0 Å². The Morgan fingerprint density at radius 2 is 1.72 bits per heavy atom. The molecule has 1 amide bonds. The molecular weight excluding hydrogens is 682 g/mol. The molecule has 1 atom stereocenters. The van der Waals surface area contributed by atoms with Crippen LogP contribution in [0.3, 0.4) is 0 Å². The van der Waals surface area contributed by atoms with Crippen LogP contribution >= 0.6 is 23.2 Å². The number of hydrogen-bond donors (Lipinski definition) is 3. The summed E-state index contributed by atoms with van der Waals surface area (Å²) >= 11 is 14.0. The average Bonchev–Trinajstić information content (AvgIpc) is 3.55. The Hall–Kier alpha value is -4.29. The molecule has 2 aliphatic heterocycles. The molecule has 0 saturated carbocycles. The molecular formula is C37H39Cl2FN6O4. The first-order chi connectivity index (χ1) is 24.2. The van der Waals surface area contributed by atoms with Gasteiger partial charge in [-0.3, -0.25) is 14.5 Å². The fraction of sp³-hybridized carbons (Fsp3) is 0.351. The number of benzene rings is 2. The molecule has 13 heteroatoms. The van der Waals surface area contributed by atoms with Gasteiger partial charge in [0.05, 0.1) is 41.6 Å². The zero-order valence-corrected chi connectivity index (χ0v) is 29.4. The summed E-state index contributed by atoms with van der Waals surface area (Å²) in [5.74, 6) is -0.161. The summed E-state index contributed by atoms with van der Waals surface area (Å²) in [6.45, 7) is 2.92. The third-order valence-electron chi connectivity index (χ3n) is 9.23. The van der Waals surface area contributed by atoms with Gasteiger partial charge < -0.3 is 25.4 Å². The second-order valence-corrected chi connectivity index (χ2v) is 13.2. The molecule has 0 spiro atoms. The number of nitrogens with one attached hydrogen (secondary N) is 3. The van der Waals surface area contributed by atoms with Crippen molar-refractivity contribution in [2.75, 3.05) is 39.2 Å². The van der Waals surface area contributed by atoms with Gasteiger partial charge in [0.25, 0.3) is 0 Å². The smallest absolute Gasteiger partial charge is 0.308 e. The number of methoxy groups -OCH3 is 2. The van der Waals surface area contributed by atoms with Crippen molar-refractivity contribution in [3.05, 3.63) is 87.8 Å². The molecule has 0 unspecified atom stereocenters. The Morgan fingerprint density at radius 1 is 0.980 bits per heavy atom. The Morgan fingerprint density at radius 3 is 2.44 bits per heavy atom. The quantitative estimate of drug-likeness (QED) is 0.137. The summed E-state index contributed by atoms with van der Waals surface area (Å²) < 4.78 is 26.3. The van der Waals surface area contributed by atoms with Crippen LogP contribution in [0.25, 0.3) is 22.4 Å². The number of likely N-dealkylation sites (tertiary alicyclic amines) is 1. The highest BCUT2D eigenvalue weighted by molar-refractivity contribution is 6.39. The highest BCUT2D eigenvalue weighted by Gasteiger charge is 2.27. The molecule has 4 aromatic rings. The van der Waals surface area contributed by atoms with E-state index in [0.29, 0.717) is 102 Å². The number of aromatic nitrogens is 2. The Bertz CT molecular complexity index is 1870. The molecule has 2 aromatic carbocycles. The summed E-state index contributed by atoms with van der Waals surface area (Å²) in [4.78, 5) is 34.5. The van der Waals surface area contributed by atoms with Crippen molar-refractivity contribution < 1.29 is 23.5 Å². The second-order valence-electron chi connectivity index (χ2n) is 12.5. The number of nitrogens with zero attached hydrogens (tertiary/aromatic N) is 3. The van der Waals surface area contributed by atoms with Gasteiger partial charge >= 0.3 is 5.97 Å². The van der Waals surface area contributed by atoms with Crippen molar-refractivity contribution >= 4 is 46.6 Å². The van der Waals surface area contributed by atoms with Crippen LogP contribution in [0.2, 0.25) is 10.0 Å². The van der Waals surface area contributed by atoms with E-state index in [0.717, 1.165) is 12.0 Å². The van der Waals surface area contributed by atoms with Gasteiger partial charge in [0, 0.05) is 66.1 Å². The number of piperidine rings is 1. The summed E-state index contributed by atoms with van der Waals surface area (Å²) in [5.41, 5.74) is 4.50. The van der Waals surface area contributed by atoms with Gasteiger partial charge in [-0.15, -0.1) is 0 Å². The molecule has 0 bridgehead atoms. The first-order valence-electron chi connectivity index (χ1n) is 16.6. The lowest BCUT2D eigenvalue weighted by molar-refractivity contribution is -0.147. The largest absolute Gasteiger partial charge is 0.481 e. The van der Waals surface area contributed by atoms with Gasteiger partial charge in [-0.1, -0.05) is 59.6 Å². The standard InChI is InChI=1S/C37H39Cl2FN6O4/c1-49-36-23(19-41-20-25-10-12-31(47)43-25)9-11-29(45-36)28-7-3-5-26(32(28)38)27-6-4-8-30(33(27)39)44-35-34(40)24(13-16-42-35)21-46-17-14-22(15-18-46)37(48)50-2/h3-9,11,13,16,22,25,41H,10,12,14-15,17-21H2,1-2H3,(H,42,44)(H,43,47)/t25-/m0/s1. The van der Waals surface area contributed by atoms with Crippen molar-refractivity contribution in [1.82, 2.24) is 25.5 Å². The van der Waals surface area contributed by atoms with E-state index in [1.54, 1.807) is 25.4 Å². The normalized spacial score (nSPS) is 16.7. The number of hydrogen-bond acceptors (Lipinski definition) is 9. The van der Waals surface area contributed by atoms with Gasteiger partial charge in [-0.2, -0.15) is 0 Å². The Balaban J connectivity index is 1.17. The Labute approximate surface area is 300 Å². The fourth-order valence-electron chi connectivity index (χ4n) is 6.47. The molecule has 0 radical (unpaired) electrons. The molecule has 2 fully saturated rings. The number of carbonyl (C=O) groups excluding carboxylic acids is 2. The SMILES string of the molecule is COC(=O)C1CCN(Cc2ccnc(Nc3cccc(-c4cccc(-c5ccc(CNC[C@@H]6CCC(=O)N6)c(OC)n5)c4Cl)c3Cl)c2F)CC1. The summed E-state index contributed by atoms with van der Waals surface area (Å²) in [6, 6.07) is 16.7. The topological polar surface area (TPSA) is 118 Å². The van der Waals surface area contributed by atoms with Crippen LogP contribution in [0.5, 0.6) is 5.88 Å². The predicted molar refractivity (Wildman–Crippen MR) is 192 cm³/mol. The average molecular weight is 722 g/mol. The lowest BCUT2D eigenvalue weighted by atomic mass is 9.96. The van der Waals surface area contributed by atoms with Crippen LogP contribution in [0.1, 0.15) is 36.8 Å². The highest BCUT2D eigenvalue weighted by atomic mass is 35.5. The summed E-state index contributed by atoms with van der Waals surface area (Å²) in [5, 5.41) is 10.2. The zero-order valence-electron chi connectivity index (χ0n) is 27.9. The maximum absolute atomic E-state index is 15.8. The third kappa shape index (κ3) is 8.02. The van der Waals surface area contributed by atoms with E-state index in [-0.39, 0.29) is 29.7 Å². The monoisotopic (exact) mass is 720 g/mol. The van der Waals surface area contributed by atoms with E-state index in [1.807, 2.05) is 42.5 Å². The molecule has 4 heterocycles. The number of amides is 1. The van der Waals surface area contributed by atoms with Crippen molar-refractivity contribution in [2.45, 2.75) is 44.8 Å². The minimum atomic E-state index is -0.465. The number of rotatable bonds is 12. The fourth-order valence-corrected chi connectivity index (χ4v) is 7.07. The number of pyridine rings is 2. The van der Waals surface area contributed by atoms with E-state index in [1.165, 1.54) is 7.11 Å². The lowest BCUT2D eigenvalue weighted by Gasteiger charge is -2.30. The molecule has 50 heavy (non-hydrogen) atoms. The van der Waals surface area contributed by atoms with Gasteiger partial charge in [-0.05, 0) is 50.6 Å². The van der Waals surface area contributed by atoms with Crippen molar-refractivity contribution in [3.63, 3.8) is 0 Å². The molecule has 0 aliphatic carbocycles. The van der Waals surface area contributed by atoms with E-state index < -0.39 is 5.82 Å². The summed E-state index contributed by atoms with van der Waals surface area (Å²) in [7, 11) is 2.98. The van der Waals surface area contributed by atoms with Crippen molar-refractivity contribution in [1.29, 1.82) is 0 Å². The van der Waals surface area contributed by atoms with Crippen LogP contribution in [0.15, 0.2) is 60.8 Å². The van der Waals surface area contributed by atoms with E-state index in [2.05, 4.69) is 25.8 Å². The number of halogens is 3. The van der Waals surface area contributed by atoms with Crippen LogP contribution in [0.4, 0.5) is 15.9 Å². The van der Waals surface area contributed by atoms with Gasteiger partial charge in [0.15, 0.2) is 11.6 Å². The number of ether oxygens (including phenoxy) is 2. The lowest BCUT2D eigenvalue weighted by Crippen LogP contribution is -2.36. The van der Waals surface area contributed by atoms with Crippen LogP contribution < -0.4 is 20.7 Å². The molecule has 6 rings (SSSR count). The Kier molecular flexibility index (Phi) is 11.5. The minimum absolute atomic E-state index is 0.0599. The molecule has 262 valence electrons. The minimum Gasteiger partial charge on any atom is -0.481 e. The predicted octanol–water partition coefficient (Wildman–Crippen LogP) is 6.76. The molecule has 3 N–H and O–H groups in total. The highest BCUT2D eigenvalue weighted by Crippen LogP contribution is 2.42. The van der Waals surface area contributed by atoms with Crippen LogP contribution in [-0.4, -0.2) is 66.6 Å². The van der Waals surface area contributed by atoms with E-state index in [9.17, 15) is 9.59 Å². The molecule has 2 saturated heterocycles. The zero-order chi connectivity index (χ0) is 35.2. The maximum Gasteiger partial charge on any atom is 0.308 e. The first kappa shape index (κ1) is 35.5. The van der Waals surface area contributed by atoms with Crippen molar-refractivity contribution in [3.8, 4) is 28.3 Å². The van der Waals surface area contributed by atoms with Gasteiger partial charge in [0.2, 0.25) is 11.8 Å². The first-order valence-corrected chi connectivity index (χ1v) is 17.3. The van der Waals surface area contributed by atoms with Crippen LogP contribution in [0, 0.1) is 11.7 Å². The summed E-state index contributed by atoms with van der Waals surface area (Å²) in [6.07, 6.45) is 4.29. The van der Waals surface area contributed by atoms with Gasteiger partial charge in [-0.25, -0.2) is 14.4 Å². The molecule has 10 nitrogen and oxygen atoms in total.